The number of aromatic nitrogens is 2. The molecule has 0 saturated carbocycles. The second kappa shape index (κ2) is 4.77. The zero-order valence-corrected chi connectivity index (χ0v) is 8.29. The predicted octanol–water partition coefficient (Wildman–Crippen LogP) is 0.767. The summed E-state index contributed by atoms with van der Waals surface area (Å²) in [5, 5.41) is 3.04. The maximum absolute atomic E-state index is 5.15. The van der Waals surface area contributed by atoms with E-state index >= 15 is 0 Å². The molecule has 1 heterocycles. The molecule has 0 bridgehead atoms. The minimum Gasteiger partial charge on any atom is -0.481 e. The Morgan fingerprint density at radius 1 is 1.54 bits per heavy atom. The lowest BCUT2D eigenvalue weighted by Gasteiger charge is -2.07. The number of hydrogen-bond donors (Lipinski definition) is 1. The molecule has 0 saturated heterocycles. The molecule has 72 valence electrons. The minimum atomic E-state index is 0.668. The highest BCUT2D eigenvalue weighted by Crippen LogP contribution is 2.13. The van der Waals surface area contributed by atoms with E-state index in [-0.39, 0.29) is 0 Å². The Balaban J connectivity index is 2.93. The van der Waals surface area contributed by atoms with Crippen molar-refractivity contribution in [2.45, 2.75) is 19.9 Å². The molecule has 0 radical (unpaired) electrons. The number of nitrogens with zero attached hydrogens (tertiary/aromatic N) is 2. The summed E-state index contributed by atoms with van der Waals surface area (Å²) in [4.78, 5) is 8.45. The lowest BCUT2D eigenvalue weighted by molar-refractivity contribution is 0.388. The summed E-state index contributed by atoms with van der Waals surface area (Å²) < 4.78 is 5.15. The fourth-order valence-electron chi connectivity index (χ4n) is 1.08. The third-order valence-electron chi connectivity index (χ3n) is 1.75. The van der Waals surface area contributed by atoms with Crippen LogP contribution in [0.2, 0.25) is 0 Å². The number of rotatable bonds is 4. The van der Waals surface area contributed by atoms with Gasteiger partial charge < -0.3 is 10.1 Å². The van der Waals surface area contributed by atoms with E-state index in [9.17, 15) is 0 Å². The van der Waals surface area contributed by atoms with Crippen LogP contribution in [0.1, 0.15) is 18.3 Å². The summed E-state index contributed by atoms with van der Waals surface area (Å²) in [6, 6.07) is 0. The topological polar surface area (TPSA) is 47.0 Å². The van der Waals surface area contributed by atoms with Crippen molar-refractivity contribution in [3.05, 3.63) is 17.6 Å². The van der Waals surface area contributed by atoms with E-state index in [2.05, 4.69) is 15.3 Å². The van der Waals surface area contributed by atoms with Crippen LogP contribution in [0.4, 0.5) is 0 Å². The first-order chi connectivity index (χ1) is 6.31. The first-order valence-electron chi connectivity index (χ1n) is 4.35. The summed E-state index contributed by atoms with van der Waals surface area (Å²) >= 11 is 0. The summed E-state index contributed by atoms with van der Waals surface area (Å²) in [7, 11) is 3.51. The number of nitrogens with one attached hydrogen (secondary N) is 1. The van der Waals surface area contributed by atoms with Crippen molar-refractivity contribution >= 4 is 0 Å². The Morgan fingerprint density at radius 2 is 2.31 bits per heavy atom. The van der Waals surface area contributed by atoms with Gasteiger partial charge in [-0.3, -0.25) is 0 Å². The molecule has 0 aliphatic rings. The van der Waals surface area contributed by atoms with Crippen molar-refractivity contribution in [2.24, 2.45) is 0 Å². The highest BCUT2D eigenvalue weighted by molar-refractivity contribution is 5.23. The Labute approximate surface area is 78.4 Å². The third kappa shape index (κ3) is 2.39. The Morgan fingerprint density at radius 3 is 2.85 bits per heavy atom. The molecule has 0 spiro atoms. The average molecular weight is 181 g/mol. The fourth-order valence-corrected chi connectivity index (χ4v) is 1.08. The first kappa shape index (κ1) is 9.92. The largest absolute Gasteiger partial charge is 0.481 e. The van der Waals surface area contributed by atoms with Gasteiger partial charge in [0.15, 0.2) is 0 Å². The van der Waals surface area contributed by atoms with Gasteiger partial charge in [-0.25, -0.2) is 4.98 Å². The number of aryl methyl sites for hydroxylation is 1. The molecule has 4 nitrogen and oxygen atoms in total. The Bertz CT molecular complexity index is 276. The number of hydrogen-bond acceptors (Lipinski definition) is 4. The van der Waals surface area contributed by atoms with Gasteiger partial charge in [0, 0.05) is 24.7 Å². The Kier molecular flexibility index (Phi) is 3.64. The highest BCUT2D eigenvalue weighted by Gasteiger charge is 2.04. The molecule has 1 rings (SSSR count). The molecule has 0 fully saturated rings. The van der Waals surface area contributed by atoms with Crippen molar-refractivity contribution in [3.63, 3.8) is 0 Å². The molecule has 0 aliphatic carbocycles. The zero-order chi connectivity index (χ0) is 9.68. The van der Waals surface area contributed by atoms with Gasteiger partial charge in [-0.15, -0.1) is 0 Å². The maximum Gasteiger partial charge on any atom is 0.220 e. The van der Waals surface area contributed by atoms with E-state index < -0.39 is 0 Å². The summed E-state index contributed by atoms with van der Waals surface area (Å²) in [6.45, 7) is 2.75. The van der Waals surface area contributed by atoms with E-state index in [4.69, 9.17) is 4.74 Å². The smallest absolute Gasteiger partial charge is 0.220 e. The highest BCUT2D eigenvalue weighted by atomic mass is 16.5. The maximum atomic E-state index is 5.15. The number of methoxy groups -OCH3 is 1. The van der Waals surface area contributed by atoms with Crippen molar-refractivity contribution in [3.8, 4) is 5.88 Å². The van der Waals surface area contributed by atoms with E-state index in [0.717, 1.165) is 24.4 Å². The standard InChI is InChI=1S/C9H15N3O/c1-4-8-11-6-7(5-10-2)9(12-8)13-3/h6,10H,4-5H2,1-3H3. The van der Waals surface area contributed by atoms with Gasteiger partial charge in [0.2, 0.25) is 5.88 Å². The SMILES string of the molecule is CCc1ncc(CNC)c(OC)n1. The molecule has 13 heavy (non-hydrogen) atoms. The van der Waals surface area contributed by atoms with Crippen molar-refractivity contribution in [1.82, 2.24) is 15.3 Å². The summed E-state index contributed by atoms with van der Waals surface area (Å²) in [5.74, 6) is 1.48. The van der Waals surface area contributed by atoms with E-state index in [1.165, 1.54) is 0 Å². The van der Waals surface area contributed by atoms with Crippen molar-refractivity contribution in [2.75, 3.05) is 14.2 Å². The molecule has 0 atom stereocenters. The van der Waals surface area contributed by atoms with Gasteiger partial charge >= 0.3 is 0 Å². The van der Waals surface area contributed by atoms with Crippen LogP contribution in [-0.4, -0.2) is 24.1 Å². The van der Waals surface area contributed by atoms with Crippen LogP contribution in [0.25, 0.3) is 0 Å². The monoisotopic (exact) mass is 181 g/mol. The van der Waals surface area contributed by atoms with Crippen LogP contribution in [0.3, 0.4) is 0 Å². The van der Waals surface area contributed by atoms with Gasteiger partial charge in [-0.2, -0.15) is 4.98 Å². The molecule has 1 aromatic rings. The molecule has 0 unspecified atom stereocenters. The Hall–Kier alpha value is -1.16. The van der Waals surface area contributed by atoms with Crippen LogP contribution in [0.5, 0.6) is 5.88 Å². The average Bonchev–Trinajstić information content (AvgIpc) is 2.19. The molecule has 0 amide bonds. The third-order valence-corrected chi connectivity index (χ3v) is 1.75. The van der Waals surface area contributed by atoms with E-state index in [1.807, 2.05) is 14.0 Å². The quantitative estimate of drug-likeness (QED) is 0.745. The molecule has 1 N–H and O–H groups in total. The lowest BCUT2D eigenvalue weighted by atomic mass is 10.3. The van der Waals surface area contributed by atoms with E-state index in [1.54, 1.807) is 13.3 Å². The van der Waals surface area contributed by atoms with Crippen molar-refractivity contribution < 1.29 is 4.74 Å². The number of ether oxygens (including phenoxy) is 1. The van der Waals surface area contributed by atoms with Crippen LogP contribution in [0.15, 0.2) is 6.20 Å². The fraction of sp³-hybridized carbons (Fsp3) is 0.556. The second-order valence-electron chi connectivity index (χ2n) is 2.70. The summed E-state index contributed by atoms with van der Waals surface area (Å²) in [5.41, 5.74) is 0.988. The van der Waals surface area contributed by atoms with Gasteiger partial charge in [-0.05, 0) is 7.05 Å². The molecule has 4 heteroatoms. The molecular formula is C9H15N3O. The van der Waals surface area contributed by atoms with Gasteiger partial charge in [0.25, 0.3) is 0 Å². The zero-order valence-electron chi connectivity index (χ0n) is 8.29. The predicted molar refractivity (Wildman–Crippen MR) is 50.7 cm³/mol. The lowest BCUT2D eigenvalue weighted by Crippen LogP contribution is -2.09. The van der Waals surface area contributed by atoms with Crippen molar-refractivity contribution in [1.29, 1.82) is 0 Å². The molecular weight excluding hydrogens is 166 g/mol. The molecule has 0 aliphatic heterocycles. The van der Waals surface area contributed by atoms with Crippen LogP contribution < -0.4 is 10.1 Å². The van der Waals surface area contributed by atoms with Gasteiger partial charge in [-0.1, -0.05) is 6.92 Å². The van der Waals surface area contributed by atoms with E-state index in [0.29, 0.717) is 5.88 Å². The molecule has 1 aromatic heterocycles. The minimum absolute atomic E-state index is 0.668. The summed E-state index contributed by atoms with van der Waals surface area (Å²) in [6.07, 6.45) is 2.64. The van der Waals surface area contributed by atoms with Crippen LogP contribution >= 0.6 is 0 Å². The first-order valence-corrected chi connectivity index (χ1v) is 4.35. The van der Waals surface area contributed by atoms with Crippen LogP contribution in [-0.2, 0) is 13.0 Å². The van der Waals surface area contributed by atoms with Gasteiger partial charge in [0.1, 0.15) is 5.82 Å². The molecule has 0 aromatic carbocycles. The van der Waals surface area contributed by atoms with Gasteiger partial charge in [0.05, 0.1) is 7.11 Å². The normalized spacial score (nSPS) is 10.1. The second-order valence-corrected chi connectivity index (χ2v) is 2.70. The van der Waals surface area contributed by atoms with Crippen LogP contribution in [0, 0.1) is 0 Å².